The van der Waals surface area contributed by atoms with Crippen LogP contribution in [-0.4, -0.2) is 30.8 Å². The molecule has 0 spiro atoms. The number of aliphatic hydroxyl groups excluding tert-OH is 1. The summed E-state index contributed by atoms with van der Waals surface area (Å²) in [6.07, 6.45) is 11.8. The van der Waals surface area contributed by atoms with Gasteiger partial charge in [0.15, 0.2) is 0 Å². The van der Waals surface area contributed by atoms with Crippen molar-refractivity contribution in [2.24, 2.45) is 17.1 Å². The van der Waals surface area contributed by atoms with Crippen LogP contribution in [0.3, 0.4) is 0 Å². The molecule has 0 radical (unpaired) electrons. The lowest BCUT2D eigenvalue weighted by molar-refractivity contribution is 0.114. The van der Waals surface area contributed by atoms with E-state index in [0.717, 1.165) is 43.7 Å². The fourth-order valence-electron chi connectivity index (χ4n) is 3.45. The van der Waals surface area contributed by atoms with Gasteiger partial charge >= 0.3 is 0 Å². The topological polar surface area (TPSA) is 58.3 Å². The fraction of sp³-hybridized carbons (Fsp3) is 0.733. The molecule has 1 unspecified atom stereocenters. The van der Waals surface area contributed by atoms with Crippen LogP contribution in [-0.2, 0) is 0 Å². The summed E-state index contributed by atoms with van der Waals surface area (Å²) in [5.74, 6) is 0.480. The lowest BCUT2D eigenvalue weighted by atomic mass is 9.63. The Morgan fingerprint density at radius 2 is 2.16 bits per heavy atom. The highest BCUT2D eigenvalue weighted by atomic mass is 35.5. The number of aliphatic hydroxyl groups is 1. The maximum Gasteiger partial charge on any atom is 0.0556 e. The van der Waals surface area contributed by atoms with Gasteiger partial charge in [-0.3, -0.25) is 0 Å². The highest BCUT2D eigenvalue weighted by Crippen LogP contribution is 2.46. The van der Waals surface area contributed by atoms with E-state index >= 15 is 0 Å². The van der Waals surface area contributed by atoms with Crippen LogP contribution >= 0.6 is 11.6 Å². The first kappa shape index (κ1) is 15.0. The Balaban J connectivity index is 1.94. The minimum atomic E-state index is 0.211. The van der Waals surface area contributed by atoms with Crippen LogP contribution in [0.1, 0.15) is 32.1 Å². The van der Waals surface area contributed by atoms with Gasteiger partial charge in [0, 0.05) is 17.6 Å². The van der Waals surface area contributed by atoms with Crippen LogP contribution in [0.25, 0.3) is 0 Å². The van der Waals surface area contributed by atoms with Crippen LogP contribution in [0, 0.1) is 11.3 Å². The smallest absolute Gasteiger partial charge is 0.0556 e. The van der Waals surface area contributed by atoms with Gasteiger partial charge in [-0.25, -0.2) is 0 Å². The number of hydrogen-bond acceptors (Lipinski definition) is 3. The largest absolute Gasteiger partial charge is 0.395 e. The number of nitrogens with one attached hydrogen (secondary N) is 1. The molecular weight excluding hydrogens is 260 g/mol. The van der Waals surface area contributed by atoms with E-state index in [2.05, 4.69) is 17.5 Å². The van der Waals surface area contributed by atoms with Crippen molar-refractivity contribution in [3.8, 4) is 0 Å². The van der Waals surface area contributed by atoms with Gasteiger partial charge < -0.3 is 16.2 Å². The molecule has 4 N–H and O–H groups in total. The van der Waals surface area contributed by atoms with Gasteiger partial charge in [0.1, 0.15) is 0 Å². The first-order valence-corrected chi connectivity index (χ1v) is 7.65. The SMILES string of the molecule is NCC1(C2C=CC=C(Cl)C2)CCC(NCCO)CC1. The van der Waals surface area contributed by atoms with Crippen LogP contribution in [0.4, 0.5) is 0 Å². The summed E-state index contributed by atoms with van der Waals surface area (Å²) in [5.41, 5.74) is 6.31. The van der Waals surface area contributed by atoms with Crippen molar-refractivity contribution in [1.82, 2.24) is 5.32 Å². The van der Waals surface area contributed by atoms with Gasteiger partial charge in [0.05, 0.1) is 6.61 Å². The summed E-state index contributed by atoms with van der Waals surface area (Å²) in [6, 6.07) is 0.533. The van der Waals surface area contributed by atoms with Crippen molar-refractivity contribution in [1.29, 1.82) is 0 Å². The highest BCUT2D eigenvalue weighted by molar-refractivity contribution is 6.29. The normalized spacial score (nSPS) is 35.2. The summed E-state index contributed by atoms with van der Waals surface area (Å²) in [5, 5.41) is 13.2. The second kappa shape index (κ2) is 6.89. The Morgan fingerprint density at radius 1 is 1.42 bits per heavy atom. The minimum absolute atomic E-state index is 0.211. The second-order valence-corrected chi connectivity index (χ2v) is 6.31. The zero-order valence-corrected chi connectivity index (χ0v) is 12.2. The summed E-state index contributed by atoms with van der Waals surface area (Å²) >= 11 is 6.18. The van der Waals surface area contributed by atoms with E-state index < -0.39 is 0 Å². The Labute approximate surface area is 120 Å². The fourth-order valence-corrected chi connectivity index (χ4v) is 3.69. The third-order valence-electron chi connectivity index (χ3n) is 4.75. The predicted molar refractivity (Wildman–Crippen MR) is 80.0 cm³/mol. The van der Waals surface area contributed by atoms with E-state index in [1.807, 2.05) is 6.08 Å². The Hall–Kier alpha value is -0.350. The Bertz CT molecular complexity index is 346. The molecule has 2 rings (SSSR count). The van der Waals surface area contributed by atoms with Crippen LogP contribution < -0.4 is 11.1 Å². The monoisotopic (exact) mass is 284 g/mol. The number of rotatable bonds is 5. The average molecular weight is 285 g/mol. The summed E-state index contributed by atoms with van der Waals surface area (Å²) < 4.78 is 0. The van der Waals surface area contributed by atoms with Crippen molar-refractivity contribution >= 4 is 11.6 Å². The van der Waals surface area contributed by atoms with Crippen molar-refractivity contribution in [2.75, 3.05) is 19.7 Å². The quantitative estimate of drug-likeness (QED) is 0.725. The zero-order valence-electron chi connectivity index (χ0n) is 11.4. The van der Waals surface area contributed by atoms with Crippen LogP contribution in [0.5, 0.6) is 0 Å². The van der Waals surface area contributed by atoms with E-state index in [4.69, 9.17) is 22.4 Å². The standard InChI is InChI=1S/C15H25ClN2O/c16-13-3-1-2-12(10-13)15(11-17)6-4-14(5-7-15)18-8-9-19/h1-3,12,14,18-19H,4-11,17H2. The maximum atomic E-state index is 8.87. The maximum absolute atomic E-state index is 8.87. The molecule has 0 heterocycles. The third-order valence-corrected chi connectivity index (χ3v) is 5.03. The van der Waals surface area contributed by atoms with Gasteiger partial charge in [-0.15, -0.1) is 0 Å². The molecule has 2 aliphatic carbocycles. The number of allylic oxidation sites excluding steroid dienone is 4. The van der Waals surface area contributed by atoms with E-state index in [1.54, 1.807) is 0 Å². The van der Waals surface area contributed by atoms with Gasteiger partial charge in [0.25, 0.3) is 0 Å². The lowest BCUT2D eigenvalue weighted by Crippen LogP contribution is -2.45. The predicted octanol–water partition coefficient (Wildman–Crippen LogP) is 2.15. The average Bonchev–Trinajstić information content (AvgIpc) is 2.46. The number of halogens is 1. The van der Waals surface area contributed by atoms with E-state index in [9.17, 15) is 0 Å². The van der Waals surface area contributed by atoms with Gasteiger partial charge in [-0.05, 0) is 56.1 Å². The first-order valence-electron chi connectivity index (χ1n) is 7.27. The van der Waals surface area contributed by atoms with Crippen molar-refractivity contribution in [3.63, 3.8) is 0 Å². The first-order chi connectivity index (χ1) is 9.20. The lowest BCUT2D eigenvalue weighted by Gasteiger charge is -2.45. The van der Waals surface area contributed by atoms with Crippen molar-refractivity contribution in [2.45, 2.75) is 38.1 Å². The molecule has 0 aromatic rings. The molecule has 0 aromatic carbocycles. The molecule has 0 aliphatic heterocycles. The van der Waals surface area contributed by atoms with E-state index in [0.29, 0.717) is 18.5 Å². The molecule has 108 valence electrons. The minimum Gasteiger partial charge on any atom is -0.395 e. The van der Waals surface area contributed by atoms with Crippen molar-refractivity contribution in [3.05, 3.63) is 23.3 Å². The molecule has 0 bridgehead atoms. The molecule has 2 aliphatic rings. The van der Waals surface area contributed by atoms with Crippen LogP contribution in [0.15, 0.2) is 23.3 Å². The summed E-state index contributed by atoms with van der Waals surface area (Å²) in [7, 11) is 0. The Kier molecular flexibility index (Phi) is 5.46. The van der Waals surface area contributed by atoms with Gasteiger partial charge in [-0.2, -0.15) is 0 Å². The number of hydrogen-bond donors (Lipinski definition) is 3. The van der Waals surface area contributed by atoms with Crippen LogP contribution in [0.2, 0.25) is 0 Å². The molecule has 1 saturated carbocycles. The molecule has 1 atom stereocenters. The van der Waals surface area contributed by atoms with E-state index in [-0.39, 0.29) is 12.0 Å². The molecule has 19 heavy (non-hydrogen) atoms. The molecule has 0 amide bonds. The van der Waals surface area contributed by atoms with Gasteiger partial charge in [0.2, 0.25) is 0 Å². The molecule has 1 fully saturated rings. The molecule has 4 heteroatoms. The molecule has 0 aromatic heterocycles. The Morgan fingerprint density at radius 3 is 2.74 bits per heavy atom. The van der Waals surface area contributed by atoms with Gasteiger partial charge in [-0.1, -0.05) is 23.8 Å². The second-order valence-electron chi connectivity index (χ2n) is 5.83. The third kappa shape index (κ3) is 3.60. The summed E-state index contributed by atoms with van der Waals surface area (Å²) in [4.78, 5) is 0. The van der Waals surface area contributed by atoms with E-state index in [1.165, 1.54) is 0 Å². The summed E-state index contributed by atoms with van der Waals surface area (Å²) in [6.45, 7) is 1.64. The molecule has 3 nitrogen and oxygen atoms in total. The molecule has 0 saturated heterocycles. The zero-order chi connectivity index (χ0) is 13.7. The van der Waals surface area contributed by atoms with Crippen molar-refractivity contribution < 1.29 is 5.11 Å². The number of nitrogens with two attached hydrogens (primary N) is 1. The highest BCUT2D eigenvalue weighted by Gasteiger charge is 2.40. The molecular formula is C15H25ClN2O.